The molecule has 0 bridgehead atoms. The molecular weight excluding hydrogens is 98.1 g/mol. The average Bonchev–Trinajstić information content (AvgIpc) is 1.61. The van der Waals surface area contributed by atoms with E-state index in [1.54, 1.807) is 0 Å². The summed E-state index contributed by atoms with van der Waals surface area (Å²) in [5, 5.41) is 8.10. The smallest absolute Gasteiger partial charge is 0.0886 e. The summed E-state index contributed by atoms with van der Waals surface area (Å²) in [5.74, 6) is 1.05. The Morgan fingerprint density at radius 1 is 1.67 bits per heavy atom. The maximum Gasteiger partial charge on any atom is 0.0886 e. The summed E-state index contributed by atoms with van der Waals surface area (Å²) in [7, 11) is 0. The Labute approximate surface area is 41.7 Å². The zero-order valence-electron chi connectivity index (χ0n) is 3.55. The van der Waals surface area contributed by atoms with Gasteiger partial charge in [0.2, 0.25) is 0 Å². The van der Waals surface area contributed by atoms with Crippen molar-refractivity contribution in [2.75, 3.05) is 18.2 Å². The van der Waals surface area contributed by atoms with Crippen LogP contribution in [0.15, 0.2) is 0 Å². The Hall–Kier alpha value is 0.270. The molecule has 0 aliphatic rings. The van der Waals surface area contributed by atoms with Crippen LogP contribution in [0.25, 0.3) is 0 Å². The summed E-state index contributed by atoms with van der Waals surface area (Å²) in [4.78, 5) is 0. The molecule has 0 saturated carbocycles. The largest absolute Gasteiger partial charge is 0.386 e. The van der Waals surface area contributed by atoms with Gasteiger partial charge in [-0.2, -0.15) is 0 Å². The van der Waals surface area contributed by atoms with Gasteiger partial charge < -0.3 is 10.8 Å². The van der Waals surface area contributed by atoms with E-state index in [9.17, 15) is 0 Å². The van der Waals surface area contributed by atoms with Crippen molar-refractivity contribution in [3.05, 3.63) is 0 Å². The summed E-state index contributed by atoms with van der Waals surface area (Å²) in [6.07, 6.45) is 0. The molecule has 3 N–H and O–H groups in total. The van der Waals surface area contributed by atoms with E-state index in [1.807, 2.05) is 0 Å². The molecule has 0 aliphatic heterocycles. The van der Waals surface area contributed by atoms with Crippen LogP contribution >= 0.6 is 11.8 Å². The molecule has 0 atom stereocenters. The normalized spacial score (nSPS) is 9.00. The molecule has 0 aromatic rings. The lowest BCUT2D eigenvalue weighted by Gasteiger charge is -1.87. The van der Waals surface area contributed by atoms with E-state index in [1.165, 1.54) is 11.8 Å². The Morgan fingerprint density at radius 3 is 2.50 bits per heavy atom. The first kappa shape index (κ1) is 6.27. The molecule has 0 saturated heterocycles. The zero-order valence-corrected chi connectivity index (χ0v) is 4.37. The summed E-state index contributed by atoms with van der Waals surface area (Å²) in [6, 6.07) is 0. The van der Waals surface area contributed by atoms with Crippen LogP contribution in [-0.4, -0.2) is 23.3 Å². The van der Waals surface area contributed by atoms with Gasteiger partial charge in [0.05, 0.1) is 5.94 Å². The predicted molar refractivity (Wildman–Crippen MR) is 28.6 cm³/mol. The average molecular weight is 107 g/mol. The fourth-order valence-electron chi connectivity index (χ4n) is 0.148. The Balaban J connectivity index is 2.34. The molecule has 0 radical (unpaired) electrons. The van der Waals surface area contributed by atoms with Gasteiger partial charge in [0, 0.05) is 12.3 Å². The lowest BCUT2D eigenvalue weighted by molar-refractivity contribution is 0.375. The number of aliphatic hydroxyl groups excluding tert-OH is 1. The van der Waals surface area contributed by atoms with E-state index >= 15 is 0 Å². The van der Waals surface area contributed by atoms with Crippen LogP contribution in [0.5, 0.6) is 0 Å². The molecule has 0 aromatic heterocycles. The molecule has 0 unspecified atom stereocenters. The fourth-order valence-corrected chi connectivity index (χ4v) is 0.444. The number of rotatable bonds is 3. The minimum atomic E-state index is 0.192. The van der Waals surface area contributed by atoms with Gasteiger partial charge in [0.25, 0.3) is 0 Å². The highest BCUT2D eigenvalue weighted by molar-refractivity contribution is 7.99. The number of hydrogen-bond acceptors (Lipinski definition) is 3. The second-order valence-corrected chi connectivity index (χ2v) is 1.90. The molecule has 0 heterocycles. The third-order valence-corrected chi connectivity index (χ3v) is 1.06. The van der Waals surface area contributed by atoms with Crippen molar-refractivity contribution in [1.82, 2.24) is 0 Å². The van der Waals surface area contributed by atoms with Crippen LogP contribution in [0.2, 0.25) is 0 Å². The first-order valence-corrected chi connectivity index (χ1v) is 2.96. The van der Waals surface area contributed by atoms with E-state index in [2.05, 4.69) is 0 Å². The Kier molecular flexibility index (Phi) is 5.51. The minimum absolute atomic E-state index is 0.192. The van der Waals surface area contributed by atoms with Crippen LogP contribution in [0, 0.1) is 0 Å². The molecule has 38 valence electrons. The van der Waals surface area contributed by atoms with E-state index < -0.39 is 0 Å². The van der Waals surface area contributed by atoms with Gasteiger partial charge >= 0.3 is 0 Å². The molecule has 0 aromatic carbocycles. The van der Waals surface area contributed by atoms with E-state index in [0.29, 0.717) is 6.54 Å². The maximum atomic E-state index is 8.10. The third-order valence-electron chi connectivity index (χ3n) is 0.353. The molecule has 0 fully saturated rings. The van der Waals surface area contributed by atoms with Crippen molar-refractivity contribution in [2.45, 2.75) is 0 Å². The van der Waals surface area contributed by atoms with Crippen molar-refractivity contribution >= 4 is 11.8 Å². The van der Waals surface area contributed by atoms with Gasteiger partial charge in [-0.3, -0.25) is 0 Å². The van der Waals surface area contributed by atoms with Gasteiger partial charge in [-0.25, -0.2) is 0 Å². The summed E-state index contributed by atoms with van der Waals surface area (Å²) < 4.78 is 0. The number of hydrogen-bond donors (Lipinski definition) is 2. The predicted octanol–water partition coefficient (Wildman–Crippen LogP) is -0.372. The number of nitrogens with two attached hydrogens (primary N) is 1. The highest BCUT2D eigenvalue weighted by Crippen LogP contribution is 1.91. The maximum absolute atomic E-state index is 8.10. The number of aliphatic hydroxyl groups is 1. The molecule has 0 amide bonds. The Bertz CT molecular complexity index is 22.8. The SMILES string of the molecule is NCCSCO. The summed E-state index contributed by atoms with van der Waals surface area (Å²) in [5.41, 5.74) is 5.08. The minimum Gasteiger partial charge on any atom is -0.386 e. The molecule has 0 spiro atoms. The quantitative estimate of drug-likeness (QED) is 0.382. The van der Waals surface area contributed by atoms with E-state index in [4.69, 9.17) is 10.8 Å². The van der Waals surface area contributed by atoms with E-state index in [-0.39, 0.29) is 5.94 Å². The first-order chi connectivity index (χ1) is 2.91. The second-order valence-electron chi connectivity index (χ2n) is 0.826. The molecule has 6 heavy (non-hydrogen) atoms. The molecular formula is C3H9NOS. The van der Waals surface area contributed by atoms with Crippen molar-refractivity contribution in [3.63, 3.8) is 0 Å². The van der Waals surface area contributed by atoms with E-state index in [0.717, 1.165) is 5.75 Å². The van der Waals surface area contributed by atoms with Crippen LogP contribution < -0.4 is 5.73 Å². The first-order valence-electron chi connectivity index (χ1n) is 1.80. The zero-order chi connectivity index (χ0) is 4.83. The fraction of sp³-hybridized carbons (Fsp3) is 1.00. The number of thioether (sulfide) groups is 1. The van der Waals surface area contributed by atoms with Gasteiger partial charge in [-0.15, -0.1) is 11.8 Å². The second kappa shape index (κ2) is 5.27. The van der Waals surface area contributed by atoms with Crippen molar-refractivity contribution in [2.24, 2.45) is 5.73 Å². The highest BCUT2D eigenvalue weighted by Gasteiger charge is 1.75. The van der Waals surface area contributed by atoms with Gasteiger partial charge in [0.1, 0.15) is 0 Å². The summed E-state index contributed by atoms with van der Waals surface area (Å²) in [6.45, 7) is 0.658. The van der Waals surface area contributed by atoms with Crippen molar-refractivity contribution < 1.29 is 5.11 Å². The van der Waals surface area contributed by atoms with Gasteiger partial charge in [0.15, 0.2) is 0 Å². The molecule has 0 aliphatic carbocycles. The van der Waals surface area contributed by atoms with Crippen LogP contribution in [0.4, 0.5) is 0 Å². The summed E-state index contributed by atoms with van der Waals surface area (Å²) >= 11 is 1.44. The van der Waals surface area contributed by atoms with Crippen LogP contribution in [0.3, 0.4) is 0 Å². The highest BCUT2D eigenvalue weighted by atomic mass is 32.2. The topological polar surface area (TPSA) is 46.2 Å². The standard InChI is InChI=1S/C3H9NOS/c4-1-2-6-3-5/h5H,1-4H2. The Morgan fingerprint density at radius 2 is 2.33 bits per heavy atom. The lowest BCUT2D eigenvalue weighted by atomic mass is 10.8. The van der Waals surface area contributed by atoms with Gasteiger partial charge in [-0.05, 0) is 0 Å². The monoisotopic (exact) mass is 107 g/mol. The molecule has 3 heteroatoms. The van der Waals surface area contributed by atoms with Gasteiger partial charge in [-0.1, -0.05) is 0 Å². The van der Waals surface area contributed by atoms with Crippen LogP contribution in [0.1, 0.15) is 0 Å². The lowest BCUT2D eigenvalue weighted by Crippen LogP contribution is -2.01. The molecule has 0 rings (SSSR count). The van der Waals surface area contributed by atoms with Crippen molar-refractivity contribution in [1.29, 1.82) is 0 Å². The van der Waals surface area contributed by atoms with Crippen molar-refractivity contribution in [3.8, 4) is 0 Å². The van der Waals surface area contributed by atoms with Crippen LogP contribution in [-0.2, 0) is 0 Å². The third kappa shape index (κ3) is 4.27. The molecule has 2 nitrogen and oxygen atoms in total.